The van der Waals surface area contributed by atoms with Gasteiger partial charge in [-0.05, 0) is 37.3 Å². The Kier molecular flexibility index (Phi) is 6.12. The van der Waals surface area contributed by atoms with E-state index in [-0.39, 0.29) is 17.0 Å². The number of halogens is 4. The van der Waals surface area contributed by atoms with E-state index in [0.29, 0.717) is 15.7 Å². The number of benzene rings is 1. The van der Waals surface area contributed by atoms with Crippen molar-refractivity contribution in [3.63, 3.8) is 0 Å². The van der Waals surface area contributed by atoms with Gasteiger partial charge in [0.05, 0.1) is 34.6 Å². The van der Waals surface area contributed by atoms with Gasteiger partial charge < -0.3 is 5.32 Å². The van der Waals surface area contributed by atoms with Gasteiger partial charge >= 0.3 is 6.18 Å². The maximum absolute atomic E-state index is 12.8. The van der Waals surface area contributed by atoms with Crippen LogP contribution in [0, 0.1) is 11.3 Å². The fraction of sp³-hybridized carbons (Fsp3) is 0.150. The van der Waals surface area contributed by atoms with Crippen molar-refractivity contribution in [1.29, 1.82) is 5.26 Å². The van der Waals surface area contributed by atoms with Crippen molar-refractivity contribution in [2.24, 2.45) is 0 Å². The van der Waals surface area contributed by atoms with E-state index >= 15 is 0 Å². The van der Waals surface area contributed by atoms with Crippen molar-refractivity contribution >= 4 is 21.8 Å². The molecule has 1 aromatic carbocycles. The summed E-state index contributed by atoms with van der Waals surface area (Å²) >= 11 is 3.25. The second kappa shape index (κ2) is 8.59. The van der Waals surface area contributed by atoms with E-state index in [1.54, 1.807) is 19.1 Å². The maximum Gasteiger partial charge on any atom is 0.417 e. The highest BCUT2D eigenvalue weighted by Gasteiger charge is 2.31. The first-order chi connectivity index (χ1) is 14.2. The number of nitriles is 1. The molecule has 3 rings (SSSR count). The zero-order chi connectivity index (χ0) is 21.9. The van der Waals surface area contributed by atoms with Crippen LogP contribution in [0.1, 0.15) is 40.1 Å². The molecule has 0 aliphatic heterocycles. The number of nitrogens with one attached hydrogen (secondary N) is 1. The fourth-order valence-corrected chi connectivity index (χ4v) is 3.19. The first-order valence-electron chi connectivity index (χ1n) is 8.55. The predicted octanol–water partition coefficient (Wildman–Crippen LogP) is 4.68. The van der Waals surface area contributed by atoms with Gasteiger partial charge in [0.25, 0.3) is 5.91 Å². The van der Waals surface area contributed by atoms with E-state index in [0.717, 1.165) is 12.3 Å². The molecule has 1 atom stereocenters. The number of pyridine rings is 1. The Hall–Kier alpha value is -3.32. The number of rotatable bonds is 4. The van der Waals surface area contributed by atoms with E-state index in [4.69, 9.17) is 5.26 Å². The van der Waals surface area contributed by atoms with Gasteiger partial charge in [-0.1, -0.05) is 15.9 Å². The molecule has 0 radical (unpaired) electrons. The summed E-state index contributed by atoms with van der Waals surface area (Å²) in [6, 6.07) is 8.06. The summed E-state index contributed by atoms with van der Waals surface area (Å²) in [5.74, 6) is -0.447. The van der Waals surface area contributed by atoms with Gasteiger partial charge in [-0.25, -0.2) is 0 Å². The van der Waals surface area contributed by atoms with Gasteiger partial charge in [-0.3, -0.25) is 19.7 Å². The van der Waals surface area contributed by atoms with E-state index in [9.17, 15) is 18.0 Å². The molecule has 1 unspecified atom stereocenters. The minimum atomic E-state index is -4.50. The molecule has 2 aromatic heterocycles. The lowest BCUT2D eigenvalue weighted by Crippen LogP contribution is -2.28. The van der Waals surface area contributed by atoms with E-state index in [1.165, 1.54) is 24.5 Å². The Morgan fingerprint density at radius 3 is 2.53 bits per heavy atom. The lowest BCUT2D eigenvalue weighted by molar-refractivity contribution is -0.137. The van der Waals surface area contributed by atoms with Crippen molar-refractivity contribution in [3.8, 4) is 17.5 Å². The molecular formula is C20H13BrF3N5O. The number of carbonyl (C=O) groups is 1. The molecule has 0 fully saturated rings. The summed E-state index contributed by atoms with van der Waals surface area (Å²) in [6.07, 6.45) is -0.967. The molecule has 152 valence electrons. The number of hydrogen-bond donors (Lipinski definition) is 1. The van der Waals surface area contributed by atoms with Crippen LogP contribution in [0.4, 0.5) is 13.2 Å². The minimum Gasteiger partial charge on any atom is -0.344 e. The third kappa shape index (κ3) is 4.80. The molecule has 0 aliphatic rings. The van der Waals surface area contributed by atoms with Gasteiger partial charge in [-0.15, -0.1) is 0 Å². The van der Waals surface area contributed by atoms with Crippen LogP contribution in [-0.2, 0) is 6.18 Å². The number of aromatic nitrogens is 3. The lowest BCUT2D eigenvalue weighted by atomic mass is 10.1. The van der Waals surface area contributed by atoms with Gasteiger partial charge in [0, 0.05) is 28.6 Å². The molecule has 0 spiro atoms. The third-order valence-corrected chi connectivity index (χ3v) is 4.56. The summed E-state index contributed by atoms with van der Waals surface area (Å²) in [4.78, 5) is 24.9. The zero-order valence-corrected chi connectivity index (χ0v) is 17.0. The number of alkyl halides is 3. The Morgan fingerprint density at radius 2 is 1.90 bits per heavy atom. The van der Waals surface area contributed by atoms with Crippen molar-refractivity contribution in [2.75, 3.05) is 0 Å². The van der Waals surface area contributed by atoms with Crippen molar-refractivity contribution in [2.45, 2.75) is 19.1 Å². The first kappa shape index (κ1) is 21.4. The second-order valence-electron chi connectivity index (χ2n) is 6.26. The van der Waals surface area contributed by atoms with E-state index < -0.39 is 23.7 Å². The largest absolute Gasteiger partial charge is 0.417 e. The average Bonchev–Trinajstić information content (AvgIpc) is 2.72. The SMILES string of the molecule is CC(NC(=O)c1cc(Br)cc(C#N)c1)c1nccnc1-c1ccc(C(F)(F)F)cn1. The van der Waals surface area contributed by atoms with Crippen LogP contribution in [0.15, 0.2) is 53.4 Å². The third-order valence-electron chi connectivity index (χ3n) is 4.11. The van der Waals surface area contributed by atoms with Crippen LogP contribution in [0.3, 0.4) is 0 Å². The summed E-state index contributed by atoms with van der Waals surface area (Å²) in [5.41, 5.74) is 0.504. The fourth-order valence-electron chi connectivity index (χ4n) is 2.70. The molecule has 0 saturated heterocycles. The quantitative estimate of drug-likeness (QED) is 0.591. The molecule has 0 bridgehead atoms. The van der Waals surface area contributed by atoms with Crippen LogP contribution in [-0.4, -0.2) is 20.9 Å². The molecule has 30 heavy (non-hydrogen) atoms. The molecule has 1 amide bonds. The normalized spacial score (nSPS) is 12.1. The lowest BCUT2D eigenvalue weighted by Gasteiger charge is -2.16. The van der Waals surface area contributed by atoms with Crippen LogP contribution in [0.5, 0.6) is 0 Å². The summed E-state index contributed by atoms with van der Waals surface area (Å²) in [6.45, 7) is 1.67. The number of amides is 1. The monoisotopic (exact) mass is 475 g/mol. The zero-order valence-electron chi connectivity index (χ0n) is 15.4. The molecule has 3 aromatic rings. The molecule has 0 saturated carbocycles. The van der Waals surface area contributed by atoms with Crippen LogP contribution in [0.2, 0.25) is 0 Å². The molecule has 0 aliphatic carbocycles. The highest BCUT2D eigenvalue weighted by Crippen LogP contribution is 2.30. The minimum absolute atomic E-state index is 0.196. The van der Waals surface area contributed by atoms with Gasteiger partial charge in [0.15, 0.2) is 0 Å². The second-order valence-corrected chi connectivity index (χ2v) is 7.17. The Bertz CT molecular complexity index is 1130. The van der Waals surface area contributed by atoms with Crippen molar-refractivity contribution < 1.29 is 18.0 Å². The van der Waals surface area contributed by atoms with Gasteiger partial charge in [0.2, 0.25) is 0 Å². The van der Waals surface area contributed by atoms with Gasteiger partial charge in [-0.2, -0.15) is 18.4 Å². The Labute approximate surface area is 177 Å². The molecular weight excluding hydrogens is 463 g/mol. The molecule has 6 nitrogen and oxygen atoms in total. The van der Waals surface area contributed by atoms with E-state index in [1.807, 2.05) is 6.07 Å². The van der Waals surface area contributed by atoms with Crippen LogP contribution in [0.25, 0.3) is 11.4 Å². The van der Waals surface area contributed by atoms with Crippen molar-refractivity contribution in [1.82, 2.24) is 20.3 Å². The van der Waals surface area contributed by atoms with Gasteiger partial charge in [0.1, 0.15) is 5.69 Å². The van der Waals surface area contributed by atoms with Crippen LogP contribution < -0.4 is 5.32 Å². The molecule has 1 N–H and O–H groups in total. The van der Waals surface area contributed by atoms with Crippen molar-refractivity contribution in [3.05, 3.63) is 75.8 Å². The predicted molar refractivity (Wildman–Crippen MR) is 105 cm³/mol. The Morgan fingerprint density at radius 1 is 1.17 bits per heavy atom. The topological polar surface area (TPSA) is 91.6 Å². The molecule has 2 heterocycles. The average molecular weight is 476 g/mol. The highest BCUT2D eigenvalue weighted by atomic mass is 79.9. The first-order valence-corrected chi connectivity index (χ1v) is 9.34. The molecule has 10 heteroatoms. The number of nitrogens with zero attached hydrogens (tertiary/aromatic N) is 4. The summed E-state index contributed by atoms with van der Waals surface area (Å²) < 4.78 is 38.9. The van der Waals surface area contributed by atoms with E-state index in [2.05, 4.69) is 36.2 Å². The number of carbonyl (C=O) groups excluding carboxylic acids is 1. The summed E-state index contributed by atoms with van der Waals surface area (Å²) in [5, 5.41) is 11.8. The highest BCUT2D eigenvalue weighted by molar-refractivity contribution is 9.10. The smallest absolute Gasteiger partial charge is 0.344 e. The standard InChI is InChI=1S/C20H13BrF3N5O/c1-11(29-19(30)13-6-12(9-25)7-15(21)8-13)17-18(27-5-4-26-17)16-3-2-14(10-28-16)20(22,23)24/h2-8,10-11H,1H3,(H,29,30). The number of hydrogen-bond acceptors (Lipinski definition) is 5. The van der Waals surface area contributed by atoms with Crippen LogP contribution >= 0.6 is 15.9 Å². The summed E-state index contributed by atoms with van der Waals surface area (Å²) in [7, 11) is 0. The Balaban J connectivity index is 1.87. The maximum atomic E-state index is 12.8.